The number of carbonyl (C=O) groups excluding carboxylic acids is 1. The highest BCUT2D eigenvalue weighted by atomic mass is 16.7. The molecule has 7 nitrogen and oxygen atoms in total. The first-order valence-corrected chi connectivity index (χ1v) is 11.6. The van der Waals surface area contributed by atoms with Gasteiger partial charge in [0.2, 0.25) is 5.60 Å². The number of ether oxygens (including phenoxy) is 1. The van der Waals surface area contributed by atoms with Crippen molar-refractivity contribution in [2.45, 2.75) is 37.4 Å². The molecule has 1 amide bonds. The molecule has 0 radical (unpaired) electrons. The molecule has 0 spiro atoms. The molecule has 3 N–H and O–H groups in total. The Kier molecular flexibility index (Phi) is 8.31. The van der Waals surface area contributed by atoms with E-state index in [4.69, 9.17) is 9.57 Å². The van der Waals surface area contributed by atoms with Crippen LogP contribution in [-0.4, -0.2) is 46.9 Å². The molecule has 1 aliphatic rings. The van der Waals surface area contributed by atoms with Crippen LogP contribution in [0, 0.1) is 0 Å². The second kappa shape index (κ2) is 11.8. The Hall–Kier alpha value is -3.46. The Morgan fingerprint density at radius 1 is 0.914 bits per heavy atom. The lowest BCUT2D eigenvalue weighted by Crippen LogP contribution is -2.56. The first kappa shape index (κ1) is 24.7. The van der Waals surface area contributed by atoms with E-state index in [1.54, 1.807) is 0 Å². The van der Waals surface area contributed by atoms with E-state index in [1.165, 1.54) is 0 Å². The lowest BCUT2D eigenvalue weighted by molar-refractivity contribution is -0.144. The maximum Gasteiger partial charge on any atom is 0.475 e. The topological polar surface area (TPSA) is 100 Å². The molecular weight excluding hydrogens is 443 g/mol. The molecule has 1 heterocycles. The quantitative estimate of drug-likeness (QED) is 0.373. The van der Waals surface area contributed by atoms with Crippen LogP contribution in [0.4, 0.5) is 0 Å². The van der Waals surface area contributed by atoms with Crippen LogP contribution in [0.3, 0.4) is 0 Å². The Bertz CT molecular complexity index is 1110. The van der Waals surface area contributed by atoms with Gasteiger partial charge in [-0.15, -0.1) is 0 Å². The van der Waals surface area contributed by atoms with Crippen molar-refractivity contribution in [3.8, 4) is 0 Å². The highest BCUT2D eigenvalue weighted by molar-refractivity contribution is 6.43. The van der Waals surface area contributed by atoms with Crippen molar-refractivity contribution >= 4 is 18.7 Å². The molecule has 0 aliphatic carbocycles. The van der Waals surface area contributed by atoms with Gasteiger partial charge in [-0.2, -0.15) is 0 Å². The summed E-state index contributed by atoms with van der Waals surface area (Å²) >= 11 is 0. The second-order valence-electron chi connectivity index (χ2n) is 8.74. The summed E-state index contributed by atoms with van der Waals surface area (Å²) in [5.41, 5.74) is 2.14. The van der Waals surface area contributed by atoms with Gasteiger partial charge in [0.25, 0.3) is 5.91 Å². The van der Waals surface area contributed by atoms with Gasteiger partial charge in [-0.05, 0) is 23.1 Å². The molecule has 35 heavy (non-hydrogen) atoms. The zero-order valence-electron chi connectivity index (χ0n) is 19.4. The van der Waals surface area contributed by atoms with Gasteiger partial charge in [0.15, 0.2) is 0 Å². The van der Waals surface area contributed by atoms with E-state index in [1.807, 2.05) is 91.0 Å². The van der Waals surface area contributed by atoms with Crippen molar-refractivity contribution in [1.29, 1.82) is 0 Å². The van der Waals surface area contributed by atoms with Gasteiger partial charge in [-0.1, -0.05) is 96.2 Å². The van der Waals surface area contributed by atoms with Crippen LogP contribution in [0.5, 0.6) is 0 Å². The first-order chi connectivity index (χ1) is 17.0. The van der Waals surface area contributed by atoms with Crippen molar-refractivity contribution in [2.24, 2.45) is 5.16 Å². The number of oxime groups is 1. The van der Waals surface area contributed by atoms with Crippen molar-refractivity contribution < 1.29 is 24.4 Å². The third-order valence-corrected chi connectivity index (χ3v) is 5.94. The molecule has 0 bridgehead atoms. The van der Waals surface area contributed by atoms with Crippen molar-refractivity contribution in [3.63, 3.8) is 0 Å². The number of nitrogens with one attached hydrogen (secondary N) is 1. The molecule has 180 valence electrons. The largest absolute Gasteiger partial charge is 0.475 e. The van der Waals surface area contributed by atoms with Gasteiger partial charge in [-0.3, -0.25) is 4.79 Å². The molecule has 0 fully saturated rings. The fourth-order valence-electron chi connectivity index (χ4n) is 4.11. The van der Waals surface area contributed by atoms with Crippen LogP contribution < -0.4 is 5.32 Å². The predicted octanol–water partition coefficient (Wildman–Crippen LogP) is 2.70. The standard InChI is InChI=1S/C27H29BN2O5/c31-26(29-25(28(32)33)16-21-10-4-1-5-11-21)27(17-22-12-6-2-7-13-22)18-24(30-35-27)20-34-19-23-14-8-3-9-15-23/h1-15,25,32-33H,16-20H2,(H,29,31). The lowest BCUT2D eigenvalue weighted by Gasteiger charge is -2.28. The minimum absolute atomic E-state index is 0.231. The summed E-state index contributed by atoms with van der Waals surface area (Å²) < 4.78 is 5.80. The van der Waals surface area contributed by atoms with Crippen LogP contribution in [-0.2, 0) is 33.8 Å². The molecule has 8 heteroatoms. The van der Waals surface area contributed by atoms with E-state index in [0.717, 1.165) is 16.7 Å². The molecule has 0 aromatic heterocycles. The van der Waals surface area contributed by atoms with Gasteiger partial charge >= 0.3 is 7.12 Å². The number of amides is 1. The van der Waals surface area contributed by atoms with Crippen LogP contribution in [0.2, 0.25) is 0 Å². The van der Waals surface area contributed by atoms with Gasteiger partial charge < -0.3 is 24.9 Å². The summed E-state index contributed by atoms with van der Waals surface area (Å²) in [6.45, 7) is 0.655. The van der Waals surface area contributed by atoms with Crippen molar-refractivity contribution in [2.75, 3.05) is 6.61 Å². The SMILES string of the molecule is O=C(NC(Cc1ccccc1)B(O)O)C1(Cc2ccccc2)CC(COCc2ccccc2)=NO1. The normalized spacial score (nSPS) is 17.8. The molecular formula is C27H29BN2O5. The molecule has 2 unspecified atom stereocenters. The average molecular weight is 472 g/mol. The van der Waals surface area contributed by atoms with Gasteiger partial charge in [0.1, 0.15) is 0 Å². The summed E-state index contributed by atoms with van der Waals surface area (Å²) in [6.07, 6.45) is 0.784. The second-order valence-corrected chi connectivity index (χ2v) is 8.74. The number of rotatable bonds is 11. The third-order valence-electron chi connectivity index (χ3n) is 5.94. The number of hydrogen-bond donors (Lipinski definition) is 3. The smallest absolute Gasteiger partial charge is 0.426 e. The van der Waals surface area contributed by atoms with E-state index >= 15 is 0 Å². The van der Waals surface area contributed by atoms with E-state index in [9.17, 15) is 14.8 Å². The highest BCUT2D eigenvalue weighted by Crippen LogP contribution is 2.29. The Morgan fingerprint density at radius 2 is 1.49 bits per heavy atom. The summed E-state index contributed by atoms with van der Waals surface area (Å²) in [4.78, 5) is 19.3. The van der Waals surface area contributed by atoms with Gasteiger partial charge in [-0.25, -0.2) is 0 Å². The monoisotopic (exact) mass is 472 g/mol. The van der Waals surface area contributed by atoms with E-state index < -0.39 is 24.6 Å². The Labute approximate surface area is 205 Å². The van der Waals surface area contributed by atoms with Gasteiger partial charge in [0, 0.05) is 12.8 Å². The third kappa shape index (κ3) is 6.79. The molecule has 0 saturated carbocycles. The fraction of sp³-hybridized carbons (Fsp3) is 0.259. The van der Waals surface area contributed by atoms with E-state index in [2.05, 4.69) is 10.5 Å². The van der Waals surface area contributed by atoms with Crippen molar-refractivity contribution in [1.82, 2.24) is 5.32 Å². The zero-order chi connectivity index (χ0) is 24.5. The minimum Gasteiger partial charge on any atom is -0.426 e. The molecule has 2 atom stereocenters. The Morgan fingerprint density at radius 3 is 2.09 bits per heavy atom. The number of carbonyl (C=O) groups is 1. The summed E-state index contributed by atoms with van der Waals surface area (Å²) in [5, 5.41) is 26.9. The van der Waals surface area contributed by atoms with Crippen LogP contribution >= 0.6 is 0 Å². The summed E-state index contributed by atoms with van der Waals surface area (Å²) in [5.74, 6) is -1.35. The lowest BCUT2D eigenvalue weighted by atomic mass is 9.75. The Balaban J connectivity index is 1.45. The fourth-order valence-corrected chi connectivity index (χ4v) is 4.11. The van der Waals surface area contributed by atoms with Crippen LogP contribution in [0.15, 0.2) is 96.2 Å². The number of hydrogen-bond acceptors (Lipinski definition) is 6. The summed E-state index contributed by atoms with van der Waals surface area (Å²) in [6, 6.07) is 28.7. The first-order valence-electron chi connectivity index (χ1n) is 11.6. The van der Waals surface area contributed by atoms with Gasteiger partial charge in [0.05, 0.1) is 24.9 Å². The maximum atomic E-state index is 13.5. The molecule has 0 saturated heterocycles. The summed E-state index contributed by atoms with van der Waals surface area (Å²) in [7, 11) is -1.73. The maximum absolute atomic E-state index is 13.5. The molecule has 3 aromatic rings. The van der Waals surface area contributed by atoms with Crippen LogP contribution in [0.25, 0.3) is 0 Å². The number of nitrogens with zero attached hydrogens (tertiary/aromatic N) is 1. The molecule has 3 aromatic carbocycles. The average Bonchev–Trinajstić information content (AvgIpc) is 3.29. The molecule has 1 aliphatic heterocycles. The van der Waals surface area contributed by atoms with E-state index in [-0.39, 0.29) is 25.9 Å². The zero-order valence-corrected chi connectivity index (χ0v) is 19.4. The van der Waals surface area contributed by atoms with Crippen LogP contribution in [0.1, 0.15) is 23.1 Å². The van der Waals surface area contributed by atoms with E-state index in [0.29, 0.717) is 12.3 Å². The van der Waals surface area contributed by atoms with Crippen molar-refractivity contribution in [3.05, 3.63) is 108 Å². The highest BCUT2D eigenvalue weighted by Gasteiger charge is 2.48. The minimum atomic E-state index is -1.73. The predicted molar refractivity (Wildman–Crippen MR) is 134 cm³/mol. The molecule has 4 rings (SSSR count). The number of benzene rings is 3.